The summed E-state index contributed by atoms with van der Waals surface area (Å²) in [5, 5.41) is 2.40. The van der Waals surface area contributed by atoms with Gasteiger partial charge in [-0.15, -0.1) is 11.3 Å². The topological polar surface area (TPSA) is 59.5 Å². The Morgan fingerprint density at radius 2 is 1.63 bits per heavy atom. The van der Waals surface area contributed by atoms with Gasteiger partial charge in [-0.3, -0.25) is 4.79 Å². The Kier molecular flexibility index (Phi) is 6.67. The van der Waals surface area contributed by atoms with E-state index in [1.165, 1.54) is 11.3 Å². The van der Waals surface area contributed by atoms with Gasteiger partial charge in [0.25, 0.3) is 5.91 Å². The molecule has 0 spiro atoms. The van der Waals surface area contributed by atoms with Crippen LogP contribution in [0.5, 0.6) is 0 Å². The monoisotopic (exact) mass is 422 g/mol. The number of rotatable bonds is 6. The molecule has 5 nitrogen and oxygen atoms in total. The second-order valence-corrected chi connectivity index (χ2v) is 8.89. The highest BCUT2D eigenvalue weighted by atomic mass is 32.1. The van der Waals surface area contributed by atoms with Gasteiger partial charge < -0.3 is 9.64 Å². The first-order valence-corrected chi connectivity index (χ1v) is 10.7. The highest BCUT2D eigenvalue weighted by Gasteiger charge is 2.32. The van der Waals surface area contributed by atoms with Crippen LogP contribution in [-0.4, -0.2) is 33.4 Å². The van der Waals surface area contributed by atoms with Crippen molar-refractivity contribution in [2.75, 3.05) is 0 Å². The summed E-state index contributed by atoms with van der Waals surface area (Å²) in [6, 6.07) is 19.4. The maximum Gasteiger partial charge on any atom is 0.358 e. The van der Waals surface area contributed by atoms with Crippen LogP contribution in [0.25, 0.3) is 10.6 Å². The summed E-state index contributed by atoms with van der Waals surface area (Å²) in [7, 11) is 0. The third-order valence-corrected chi connectivity index (χ3v) is 5.52. The van der Waals surface area contributed by atoms with Crippen LogP contribution in [0.3, 0.4) is 0 Å². The lowest BCUT2D eigenvalue weighted by molar-refractivity contribution is -0.145. The normalized spacial score (nSPS) is 12.3. The third kappa shape index (κ3) is 5.33. The number of aromatic nitrogens is 1. The van der Waals surface area contributed by atoms with Gasteiger partial charge in [0.05, 0.1) is 0 Å². The molecule has 0 radical (unpaired) electrons. The van der Waals surface area contributed by atoms with Crippen molar-refractivity contribution >= 4 is 23.2 Å². The smallest absolute Gasteiger partial charge is 0.358 e. The second kappa shape index (κ2) is 9.22. The first kappa shape index (κ1) is 21.7. The van der Waals surface area contributed by atoms with Crippen LogP contribution in [-0.2, 0) is 16.1 Å². The number of carbonyl (C=O) groups is 2. The van der Waals surface area contributed by atoms with Crippen molar-refractivity contribution in [3.8, 4) is 10.6 Å². The molecule has 0 unspecified atom stereocenters. The van der Waals surface area contributed by atoms with E-state index in [1.54, 1.807) is 17.2 Å². The average molecular weight is 423 g/mol. The lowest BCUT2D eigenvalue weighted by atomic mass is 10.0. The maximum atomic E-state index is 13.1. The van der Waals surface area contributed by atoms with Crippen molar-refractivity contribution in [3.05, 3.63) is 77.3 Å². The van der Waals surface area contributed by atoms with Gasteiger partial charge in [0.15, 0.2) is 11.8 Å². The number of benzene rings is 2. The molecule has 0 aliphatic heterocycles. The largest absolute Gasteiger partial charge is 0.448 e. The van der Waals surface area contributed by atoms with Crippen molar-refractivity contribution in [3.63, 3.8) is 0 Å². The minimum absolute atomic E-state index is 0.212. The quantitative estimate of drug-likeness (QED) is 0.514. The molecule has 0 saturated carbocycles. The fraction of sp³-hybridized carbons (Fsp3) is 0.292. The van der Waals surface area contributed by atoms with Crippen molar-refractivity contribution in [2.45, 2.75) is 45.9 Å². The minimum atomic E-state index is -0.915. The average Bonchev–Trinajstić information content (AvgIpc) is 3.22. The van der Waals surface area contributed by atoms with Crippen LogP contribution in [0.4, 0.5) is 0 Å². The van der Waals surface area contributed by atoms with Crippen molar-refractivity contribution < 1.29 is 14.3 Å². The fourth-order valence-corrected chi connectivity index (χ4v) is 3.78. The highest BCUT2D eigenvalue weighted by Crippen LogP contribution is 2.24. The Morgan fingerprint density at radius 1 is 1.03 bits per heavy atom. The lowest BCUT2D eigenvalue weighted by Crippen LogP contribution is -2.49. The zero-order valence-electron chi connectivity index (χ0n) is 17.7. The van der Waals surface area contributed by atoms with E-state index in [-0.39, 0.29) is 11.6 Å². The SMILES string of the molecule is C[C@@H](OC(=O)c1csc(-c2ccccc2)n1)C(=O)N(Cc1ccccc1)C(C)(C)C. The summed E-state index contributed by atoms with van der Waals surface area (Å²) in [6.07, 6.45) is -0.915. The molecule has 2 aromatic carbocycles. The van der Waals surface area contributed by atoms with Crippen molar-refractivity contribution in [2.24, 2.45) is 0 Å². The van der Waals surface area contributed by atoms with E-state index in [1.807, 2.05) is 81.4 Å². The van der Waals surface area contributed by atoms with Gasteiger partial charge in [0.1, 0.15) is 5.01 Å². The van der Waals surface area contributed by atoms with Crippen LogP contribution in [0.2, 0.25) is 0 Å². The van der Waals surface area contributed by atoms with Crippen LogP contribution in [0, 0.1) is 0 Å². The Balaban J connectivity index is 1.70. The van der Waals surface area contributed by atoms with Gasteiger partial charge in [0, 0.05) is 23.0 Å². The van der Waals surface area contributed by atoms with E-state index >= 15 is 0 Å². The first-order chi connectivity index (χ1) is 14.3. The molecule has 0 N–H and O–H groups in total. The minimum Gasteiger partial charge on any atom is -0.448 e. The summed E-state index contributed by atoms with van der Waals surface area (Å²) < 4.78 is 5.48. The number of esters is 1. The standard InChI is InChI=1S/C24H26N2O3S/c1-17(22(27)26(24(2,3)4)15-18-11-7-5-8-12-18)29-23(28)20-16-30-21(25-20)19-13-9-6-10-14-19/h5-14,16-17H,15H2,1-4H3/t17-/m1/s1. The molecule has 3 aromatic rings. The van der Waals surface area contributed by atoms with E-state index in [0.29, 0.717) is 6.54 Å². The number of amides is 1. The Morgan fingerprint density at radius 3 is 2.23 bits per heavy atom. The number of carbonyl (C=O) groups excluding carboxylic acids is 2. The molecule has 1 aromatic heterocycles. The predicted octanol–water partition coefficient (Wildman–Crippen LogP) is 5.18. The van der Waals surface area contributed by atoms with E-state index in [2.05, 4.69) is 4.98 Å². The zero-order valence-corrected chi connectivity index (χ0v) is 18.5. The number of ether oxygens (including phenoxy) is 1. The van der Waals surface area contributed by atoms with Gasteiger partial charge in [0.2, 0.25) is 0 Å². The van der Waals surface area contributed by atoms with Crippen LogP contribution >= 0.6 is 11.3 Å². The van der Waals surface area contributed by atoms with Crippen molar-refractivity contribution in [1.82, 2.24) is 9.88 Å². The zero-order chi connectivity index (χ0) is 21.7. The van der Waals surface area contributed by atoms with Crippen LogP contribution in [0.1, 0.15) is 43.7 Å². The van der Waals surface area contributed by atoms with Crippen LogP contribution < -0.4 is 0 Å². The summed E-state index contributed by atoms with van der Waals surface area (Å²) in [5.41, 5.74) is 1.75. The molecular formula is C24H26N2O3S. The van der Waals surface area contributed by atoms with E-state index in [9.17, 15) is 9.59 Å². The lowest BCUT2D eigenvalue weighted by Gasteiger charge is -2.37. The Labute approximate surface area is 181 Å². The van der Waals surface area contributed by atoms with Gasteiger partial charge in [-0.2, -0.15) is 0 Å². The summed E-state index contributed by atoms with van der Waals surface area (Å²) in [4.78, 5) is 31.8. The first-order valence-electron chi connectivity index (χ1n) is 9.83. The molecule has 1 atom stereocenters. The van der Waals surface area contributed by atoms with Gasteiger partial charge in [-0.1, -0.05) is 60.7 Å². The second-order valence-electron chi connectivity index (χ2n) is 8.03. The summed E-state index contributed by atoms with van der Waals surface area (Å²) >= 11 is 1.37. The fourth-order valence-electron chi connectivity index (χ4n) is 2.98. The highest BCUT2D eigenvalue weighted by molar-refractivity contribution is 7.13. The number of nitrogens with zero attached hydrogens (tertiary/aromatic N) is 2. The molecule has 3 rings (SSSR count). The molecule has 0 aliphatic carbocycles. The van der Waals surface area contributed by atoms with Crippen molar-refractivity contribution in [1.29, 1.82) is 0 Å². The summed E-state index contributed by atoms with van der Waals surface area (Å²) in [6.45, 7) is 7.95. The molecule has 1 amide bonds. The molecule has 6 heteroatoms. The number of hydrogen-bond acceptors (Lipinski definition) is 5. The molecule has 0 aliphatic rings. The third-order valence-electron chi connectivity index (χ3n) is 4.62. The maximum absolute atomic E-state index is 13.1. The van der Waals surface area contributed by atoms with Gasteiger partial charge in [-0.05, 0) is 33.3 Å². The Bertz CT molecular complexity index is 994. The number of thiazole rings is 1. The van der Waals surface area contributed by atoms with E-state index in [0.717, 1.165) is 16.1 Å². The van der Waals surface area contributed by atoms with Gasteiger partial charge >= 0.3 is 5.97 Å². The predicted molar refractivity (Wildman–Crippen MR) is 119 cm³/mol. The van der Waals surface area contributed by atoms with Crippen LogP contribution in [0.15, 0.2) is 66.0 Å². The molecule has 1 heterocycles. The number of hydrogen-bond donors (Lipinski definition) is 0. The Hall–Kier alpha value is -2.99. The molecule has 0 bridgehead atoms. The summed E-state index contributed by atoms with van der Waals surface area (Å²) in [5.74, 6) is -0.832. The molecule has 0 saturated heterocycles. The molecular weight excluding hydrogens is 396 g/mol. The van der Waals surface area contributed by atoms with E-state index in [4.69, 9.17) is 4.74 Å². The molecule has 30 heavy (non-hydrogen) atoms. The molecule has 156 valence electrons. The van der Waals surface area contributed by atoms with E-state index < -0.39 is 17.6 Å². The van der Waals surface area contributed by atoms with Gasteiger partial charge in [-0.25, -0.2) is 9.78 Å². The molecule has 0 fully saturated rings.